The molecule has 0 aliphatic carbocycles. The molecule has 0 saturated carbocycles. The number of hydrogen-bond acceptors (Lipinski definition) is 6. The summed E-state index contributed by atoms with van der Waals surface area (Å²) in [4.78, 5) is 8.58. The van der Waals surface area contributed by atoms with Gasteiger partial charge in [-0.1, -0.05) is 6.42 Å². The molecule has 0 amide bonds. The van der Waals surface area contributed by atoms with Gasteiger partial charge in [0, 0.05) is 25.6 Å². The number of rotatable bonds is 3. The maximum absolute atomic E-state index is 4.36. The van der Waals surface area contributed by atoms with E-state index in [-0.39, 0.29) is 0 Å². The highest BCUT2D eigenvalue weighted by atomic mass is 32.2. The molecule has 106 valence electrons. The first-order valence-electron chi connectivity index (χ1n) is 6.89. The SMILES string of the molecule is CNc1ncnc(Sc2nnc3n2CCCCC3)c1C. The van der Waals surface area contributed by atoms with Crippen LogP contribution in [0, 0.1) is 6.92 Å². The summed E-state index contributed by atoms with van der Waals surface area (Å²) in [6, 6.07) is 0. The average Bonchev–Trinajstić information content (AvgIpc) is 2.70. The van der Waals surface area contributed by atoms with Crippen LogP contribution in [-0.4, -0.2) is 31.8 Å². The maximum Gasteiger partial charge on any atom is 0.197 e. The summed E-state index contributed by atoms with van der Waals surface area (Å²) < 4.78 is 2.23. The van der Waals surface area contributed by atoms with E-state index >= 15 is 0 Å². The fourth-order valence-corrected chi connectivity index (χ4v) is 3.32. The molecule has 6 nitrogen and oxygen atoms in total. The van der Waals surface area contributed by atoms with Gasteiger partial charge in [0.25, 0.3) is 0 Å². The van der Waals surface area contributed by atoms with Gasteiger partial charge in [-0.25, -0.2) is 9.97 Å². The van der Waals surface area contributed by atoms with Gasteiger partial charge in [0.2, 0.25) is 0 Å². The van der Waals surface area contributed by atoms with Crippen LogP contribution in [0.4, 0.5) is 5.82 Å². The van der Waals surface area contributed by atoms with E-state index in [2.05, 4.69) is 30.0 Å². The third-order valence-electron chi connectivity index (χ3n) is 3.54. The fraction of sp³-hybridized carbons (Fsp3) is 0.538. The van der Waals surface area contributed by atoms with Crippen molar-refractivity contribution in [2.75, 3.05) is 12.4 Å². The van der Waals surface area contributed by atoms with Crippen LogP contribution in [0.2, 0.25) is 0 Å². The van der Waals surface area contributed by atoms with Crippen molar-refractivity contribution in [2.24, 2.45) is 0 Å². The van der Waals surface area contributed by atoms with Crippen molar-refractivity contribution in [1.29, 1.82) is 0 Å². The van der Waals surface area contributed by atoms with Gasteiger partial charge in [0.05, 0.1) is 0 Å². The molecule has 0 radical (unpaired) electrons. The minimum Gasteiger partial charge on any atom is -0.373 e. The zero-order chi connectivity index (χ0) is 13.9. The summed E-state index contributed by atoms with van der Waals surface area (Å²) in [5.41, 5.74) is 1.05. The van der Waals surface area contributed by atoms with Gasteiger partial charge >= 0.3 is 0 Å². The molecule has 1 aliphatic heterocycles. The lowest BCUT2D eigenvalue weighted by Crippen LogP contribution is -2.03. The van der Waals surface area contributed by atoms with Gasteiger partial charge in [-0.05, 0) is 31.5 Å². The van der Waals surface area contributed by atoms with E-state index in [4.69, 9.17) is 0 Å². The number of nitrogens with zero attached hydrogens (tertiary/aromatic N) is 5. The number of aryl methyl sites for hydroxylation is 1. The van der Waals surface area contributed by atoms with Crippen LogP contribution in [0.1, 0.15) is 30.7 Å². The van der Waals surface area contributed by atoms with Crippen molar-refractivity contribution in [3.63, 3.8) is 0 Å². The molecule has 7 heteroatoms. The second kappa shape index (κ2) is 5.78. The number of fused-ring (bicyclic) bond motifs is 1. The summed E-state index contributed by atoms with van der Waals surface area (Å²) in [5.74, 6) is 1.96. The molecule has 20 heavy (non-hydrogen) atoms. The van der Waals surface area contributed by atoms with Crippen molar-refractivity contribution in [3.8, 4) is 0 Å². The van der Waals surface area contributed by atoms with Crippen LogP contribution in [0.5, 0.6) is 0 Å². The van der Waals surface area contributed by atoms with Crippen molar-refractivity contribution < 1.29 is 0 Å². The zero-order valence-electron chi connectivity index (χ0n) is 11.8. The van der Waals surface area contributed by atoms with E-state index in [1.165, 1.54) is 19.3 Å². The van der Waals surface area contributed by atoms with E-state index in [0.717, 1.165) is 40.4 Å². The quantitative estimate of drug-likeness (QED) is 0.875. The predicted molar refractivity (Wildman–Crippen MR) is 78.0 cm³/mol. The highest BCUT2D eigenvalue weighted by Crippen LogP contribution is 2.30. The summed E-state index contributed by atoms with van der Waals surface area (Å²) in [6.07, 6.45) is 6.28. The van der Waals surface area contributed by atoms with Gasteiger partial charge in [-0.3, -0.25) is 0 Å². The molecule has 2 aromatic heterocycles. The monoisotopic (exact) mass is 290 g/mol. The second-order valence-corrected chi connectivity index (χ2v) is 5.82. The van der Waals surface area contributed by atoms with E-state index in [1.54, 1.807) is 18.1 Å². The van der Waals surface area contributed by atoms with Crippen LogP contribution in [0.3, 0.4) is 0 Å². The van der Waals surface area contributed by atoms with Crippen molar-refractivity contribution in [1.82, 2.24) is 24.7 Å². The normalized spacial score (nSPS) is 14.7. The second-order valence-electron chi connectivity index (χ2n) is 4.87. The Hall–Kier alpha value is -1.63. The standard InChI is InChI=1S/C13H18N6S/c1-9-11(14-2)15-8-16-12(9)20-13-18-17-10-6-4-3-5-7-19(10)13/h8H,3-7H2,1-2H3,(H,14,15,16). The van der Waals surface area contributed by atoms with Crippen LogP contribution in [-0.2, 0) is 13.0 Å². The molecule has 1 aliphatic rings. The molecular formula is C13H18N6S. The minimum absolute atomic E-state index is 0.859. The summed E-state index contributed by atoms with van der Waals surface area (Å²) in [7, 11) is 1.87. The Morgan fingerprint density at radius 3 is 2.95 bits per heavy atom. The molecule has 0 atom stereocenters. The molecule has 1 N–H and O–H groups in total. The number of anilines is 1. The fourth-order valence-electron chi connectivity index (χ4n) is 2.41. The van der Waals surface area contributed by atoms with E-state index in [0.29, 0.717) is 0 Å². The molecule has 0 fully saturated rings. The maximum atomic E-state index is 4.36. The predicted octanol–water partition coefficient (Wildman–Crippen LogP) is 2.30. The van der Waals surface area contributed by atoms with Crippen LogP contribution >= 0.6 is 11.8 Å². The third kappa shape index (κ3) is 2.49. The molecule has 0 saturated heterocycles. The Morgan fingerprint density at radius 1 is 1.20 bits per heavy atom. The third-order valence-corrected chi connectivity index (χ3v) is 4.63. The summed E-state index contributed by atoms with van der Waals surface area (Å²) in [5, 5.41) is 13.6. The van der Waals surface area contributed by atoms with Crippen molar-refractivity contribution in [3.05, 3.63) is 17.7 Å². The molecular weight excluding hydrogens is 272 g/mol. The number of nitrogens with one attached hydrogen (secondary N) is 1. The van der Waals surface area contributed by atoms with E-state index in [1.807, 2.05) is 14.0 Å². The molecule has 0 aromatic carbocycles. The molecule has 0 unspecified atom stereocenters. The smallest absolute Gasteiger partial charge is 0.197 e. The van der Waals surface area contributed by atoms with Gasteiger partial charge in [-0.15, -0.1) is 10.2 Å². The van der Waals surface area contributed by atoms with Crippen LogP contribution in [0.25, 0.3) is 0 Å². The Labute approximate surface area is 122 Å². The van der Waals surface area contributed by atoms with E-state index in [9.17, 15) is 0 Å². The van der Waals surface area contributed by atoms with Crippen LogP contribution < -0.4 is 5.32 Å². The minimum atomic E-state index is 0.859. The van der Waals surface area contributed by atoms with Crippen molar-refractivity contribution in [2.45, 2.75) is 49.3 Å². The Morgan fingerprint density at radius 2 is 2.10 bits per heavy atom. The van der Waals surface area contributed by atoms with Gasteiger partial charge < -0.3 is 9.88 Å². The number of hydrogen-bond donors (Lipinski definition) is 1. The zero-order valence-corrected chi connectivity index (χ0v) is 12.6. The first-order valence-corrected chi connectivity index (χ1v) is 7.70. The van der Waals surface area contributed by atoms with Gasteiger partial charge in [-0.2, -0.15) is 0 Å². The first kappa shape index (κ1) is 13.4. The average molecular weight is 290 g/mol. The van der Waals surface area contributed by atoms with E-state index < -0.39 is 0 Å². The Bertz CT molecular complexity index is 609. The van der Waals surface area contributed by atoms with Gasteiger partial charge in [0.15, 0.2) is 5.16 Å². The molecule has 0 spiro atoms. The molecule has 0 bridgehead atoms. The Balaban J connectivity index is 1.90. The molecule has 2 aromatic rings. The highest BCUT2D eigenvalue weighted by molar-refractivity contribution is 7.99. The Kier molecular flexibility index (Phi) is 3.86. The largest absolute Gasteiger partial charge is 0.373 e. The lowest BCUT2D eigenvalue weighted by molar-refractivity contribution is 0.590. The van der Waals surface area contributed by atoms with Crippen LogP contribution in [0.15, 0.2) is 16.5 Å². The molecule has 3 rings (SSSR count). The first-order chi connectivity index (χ1) is 9.79. The summed E-state index contributed by atoms with van der Waals surface area (Å²) in [6.45, 7) is 3.03. The lowest BCUT2D eigenvalue weighted by Gasteiger charge is -2.09. The topological polar surface area (TPSA) is 68.5 Å². The molecule has 3 heterocycles. The number of aromatic nitrogens is 5. The summed E-state index contributed by atoms with van der Waals surface area (Å²) >= 11 is 1.57. The van der Waals surface area contributed by atoms with Gasteiger partial charge in [0.1, 0.15) is 23.0 Å². The lowest BCUT2D eigenvalue weighted by atomic mass is 10.2. The highest BCUT2D eigenvalue weighted by Gasteiger charge is 2.17. The van der Waals surface area contributed by atoms with Crippen molar-refractivity contribution >= 4 is 17.6 Å².